The van der Waals surface area contributed by atoms with Gasteiger partial charge in [-0.1, -0.05) is 96.9 Å². The molecular weight excluding hydrogens is 418 g/mol. The number of aromatic nitrogens is 1. The summed E-state index contributed by atoms with van der Waals surface area (Å²) in [6, 6.07) is 16.1. The van der Waals surface area contributed by atoms with E-state index < -0.39 is 0 Å². The quantitative estimate of drug-likeness (QED) is 0.164. The standard InChI is InChI=1S/C29H39NS.C2H6/c1-8-10-17-31-28-25-18-24(21(3)4)15-16-26(25)30(27(28)19-29(6,7)9-2)20-23-13-11-22(5)12-14-23;1-2/h9,11-16,18,21H,2,8,10,17,19-20H2,1,3-7H3;1-2H3. The Hall–Kier alpha value is -1.93. The van der Waals surface area contributed by atoms with Gasteiger partial charge in [0.2, 0.25) is 0 Å². The molecule has 3 rings (SSSR count). The van der Waals surface area contributed by atoms with Crippen LogP contribution in [0.4, 0.5) is 0 Å². The molecule has 1 aromatic heterocycles. The first-order valence-electron chi connectivity index (χ1n) is 12.7. The van der Waals surface area contributed by atoms with Gasteiger partial charge in [0, 0.05) is 28.0 Å². The van der Waals surface area contributed by atoms with E-state index in [0.29, 0.717) is 5.92 Å². The molecule has 1 nitrogen and oxygen atoms in total. The van der Waals surface area contributed by atoms with Crippen molar-refractivity contribution in [2.45, 2.75) is 92.0 Å². The fourth-order valence-corrected chi connectivity index (χ4v) is 5.27. The van der Waals surface area contributed by atoms with E-state index in [1.807, 2.05) is 13.8 Å². The van der Waals surface area contributed by atoms with Crippen molar-refractivity contribution in [3.8, 4) is 0 Å². The van der Waals surface area contributed by atoms with Gasteiger partial charge < -0.3 is 4.57 Å². The number of hydrogen-bond acceptors (Lipinski definition) is 1. The summed E-state index contributed by atoms with van der Waals surface area (Å²) in [6.45, 7) is 22.7. The number of unbranched alkanes of at least 4 members (excludes halogenated alkanes) is 1. The molecule has 0 unspecified atom stereocenters. The first-order chi connectivity index (χ1) is 15.8. The van der Waals surface area contributed by atoms with E-state index in [0.717, 1.165) is 13.0 Å². The fraction of sp³-hybridized carbons (Fsp3) is 0.484. The van der Waals surface area contributed by atoms with Gasteiger partial charge in [-0.05, 0) is 60.1 Å². The maximum absolute atomic E-state index is 4.13. The van der Waals surface area contributed by atoms with Crippen LogP contribution in [0, 0.1) is 12.3 Å². The van der Waals surface area contributed by atoms with E-state index in [-0.39, 0.29) is 5.41 Å². The van der Waals surface area contributed by atoms with Gasteiger partial charge in [-0.25, -0.2) is 0 Å². The summed E-state index contributed by atoms with van der Waals surface area (Å²) in [5, 5.41) is 1.43. The topological polar surface area (TPSA) is 4.93 Å². The maximum atomic E-state index is 4.13. The predicted molar refractivity (Wildman–Crippen MR) is 151 cm³/mol. The summed E-state index contributed by atoms with van der Waals surface area (Å²) in [5.41, 5.74) is 6.97. The third kappa shape index (κ3) is 7.03. The molecule has 2 heteroatoms. The molecule has 0 fully saturated rings. The van der Waals surface area contributed by atoms with Crippen LogP contribution in [0.2, 0.25) is 0 Å². The first-order valence-corrected chi connectivity index (χ1v) is 13.7. The van der Waals surface area contributed by atoms with E-state index in [9.17, 15) is 0 Å². The Labute approximate surface area is 207 Å². The van der Waals surface area contributed by atoms with E-state index in [2.05, 4.69) is 113 Å². The molecule has 0 aliphatic carbocycles. The predicted octanol–water partition coefficient (Wildman–Crippen LogP) is 9.79. The molecule has 0 saturated heterocycles. The molecule has 0 aliphatic heterocycles. The van der Waals surface area contributed by atoms with E-state index in [1.165, 1.54) is 56.8 Å². The Morgan fingerprint density at radius 1 is 1.06 bits per heavy atom. The summed E-state index contributed by atoms with van der Waals surface area (Å²) in [6.07, 6.45) is 5.60. The molecule has 0 bridgehead atoms. The Morgan fingerprint density at radius 2 is 1.73 bits per heavy atom. The zero-order chi connectivity index (χ0) is 24.6. The van der Waals surface area contributed by atoms with Gasteiger partial charge in [-0.3, -0.25) is 0 Å². The van der Waals surface area contributed by atoms with Gasteiger partial charge in [0.1, 0.15) is 0 Å². The average molecular weight is 464 g/mol. The second-order valence-corrected chi connectivity index (χ2v) is 11.0. The molecule has 0 N–H and O–H groups in total. The van der Waals surface area contributed by atoms with E-state index in [1.54, 1.807) is 0 Å². The van der Waals surface area contributed by atoms with Crippen molar-refractivity contribution in [2.75, 3.05) is 5.75 Å². The van der Waals surface area contributed by atoms with Gasteiger partial charge >= 0.3 is 0 Å². The molecule has 0 aliphatic rings. The van der Waals surface area contributed by atoms with Crippen LogP contribution in [0.1, 0.15) is 89.6 Å². The highest BCUT2D eigenvalue weighted by molar-refractivity contribution is 7.99. The molecule has 0 spiro atoms. The highest BCUT2D eigenvalue weighted by Crippen LogP contribution is 2.40. The molecule has 0 atom stereocenters. The van der Waals surface area contributed by atoms with Crippen molar-refractivity contribution >= 4 is 22.7 Å². The minimum Gasteiger partial charge on any atom is -0.339 e. The minimum atomic E-state index is 0.0559. The number of benzene rings is 2. The van der Waals surface area contributed by atoms with Crippen molar-refractivity contribution < 1.29 is 0 Å². The normalized spacial score (nSPS) is 11.5. The maximum Gasteiger partial charge on any atom is 0.0497 e. The highest BCUT2D eigenvalue weighted by atomic mass is 32.2. The molecule has 0 amide bonds. The number of nitrogens with zero attached hydrogens (tertiary/aromatic N) is 1. The zero-order valence-electron chi connectivity index (χ0n) is 22.3. The van der Waals surface area contributed by atoms with Crippen molar-refractivity contribution in [3.05, 3.63) is 77.5 Å². The van der Waals surface area contributed by atoms with Gasteiger partial charge in [-0.15, -0.1) is 18.3 Å². The summed E-state index contributed by atoms with van der Waals surface area (Å²) >= 11 is 2.05. The third-order valence-corrected chi connectivity index (χ3v) is 7.43. The van der Waals surface area contributed by atoms with Crippen molar-refractivity contribution in [1.29, 1.82) is 0 Å². The van der Waals surface area contributed by atoms with Crippen molar-refractivity contribution in [1.82, 2.24) is 4.57 Å². The van der Waals surface area contributed by atoms with Gasteiger partial charge in [-0.2, -0.15) is 0 Å². The third-order valence-electron chi connectivity index (χ3n) is 6.19. The number of aryl methyl sites for hydroxylation is 1. The molecule has 0 radical (unpaired) electrons. The van der Waals surface area contributed by atoms with Crippen LogP contribution in [0.25, 0.3) is 10.9 Å². The molecule has 3 aromatic rings. The van der Waals surface area contributed by atoms with Crippen LogP contribution in [0.5, 0.6) is 0 Å². The molecule has 0 saturated carbocycles. The first kappa shape index (κ1) is 27.3. The lowest BCUT2D eigenvalue weighted by atomic mass is 9.88. The highest BCUT2D eigenvalue weighted by Gasteiger charge is 2.24. The number of allylic oxidation sites excluding steroid dienone is 1. The summed E-state index contributed by atoms with van der Waals surface area (Å²) in [4.78, 5) is 1.48. The van der Waals surface area contributed by atoms with Gasteiger partial charge in [0.15, 0.2) is 0 Å². The lowest BCUT2D eigenvalue weighted by molar-refractivity contribution is 0.459. The van der Waals surface area contributed by atoms with Crippen LogP contribution >= 0.6 is 11.8 Å². The van der Waals surface area contributed by atoms with Crippen LogP contribution in [0.3, 0.4) is 0 Å². The summed E-state index contributed by atoms with van der Waals surface area (Å²) in [7, 11) is 0. The SMILES string of the molecule is C=CC(C)(C)Cc1c(SCCCC)c2cc(C(C)C)ccc2n1Cc1ccc(C)cc1.CC. The van der Waals surface area contributed by atoms with Crippen molar-refractivity contribution in [3.63, 3.8) is 0 Å². The van der Waals surface area contributed by atoms with E-state index >= 15 is 0 Å². The molecule has 180 valence electrons. The fourth-order valence-electron chi connectivity index (χ4n) is 3.97. The van der Waals surface area contributed by atoms with Crippen LogP contribution in [0.15, 0.2) is 60.0 Å². The number of hydrogen-bond donors (Lipinski definition) is 0. The number of fused-ring (bicyclic) bond motifs is 1. The number of rotatable bonds is 10. The molecular formula is C31H45NS. The van der Waals surface area contributed by atoms with Crippen molar-refractivity contribution in [2.24, 2.45) is 5.41 Å². The number of thioether (sulfide) groups is 1. The minimum absolute atomic E-state index is 0.0559. The Bertz CT molecular complexity index is 1020. The summed E-state index contributed by atoms with van der Waals surface area (Å²) < 4.78 is 2.57. The summed E-state index contributed by atoms with van der Waals surface area (Å²) in [5.74, 6) is 1.71. The second-order valence-electron chi connectivity index (χ2n) is 9.85. The van der Waals surface area contributed by atoms with Crippen LogP contribution in [-0.4, -0.2) is 10.3 Å². The molecule has 2 aromatic carbocycles. The van der Waals surface area contributed by atoms with E-state index in [4.69, 9.17) is 0 Å². The van der Waals surface area contributed by atoms with Gasteiger partial charge in [0.05, 0.1) is 0 Å². The Morgan fingerprint density at radius 3 is 2.30 bits per heavy atom. The van der Waals surface area contributed by atoms with Crippen LogP contribution < -0.4 is 0 Å². The smallest absolute Gasteiger partial charge is 0.0497 e. The Balaban J connectivity index is 0.00000187. The van der Waals surface area contributed by atoms with Crippen LogP contribution in [-0.2, 0) is 13.0 Å². The largest absolute Gasteiger partial charge is 0.339 e. The lowest BCUT2D eigenvalue weighted by Crippen LogP contribution is -2.16. The second kappa shape index (κ2) is 12.5. The Kier molecular flexibility index (Phi) is 10.4. The molecule has 33 heavy (non-hydrogen) atoms. The monoisotopic (exact) mass is 463 g/mol. The van der Waals surface area contributed by atoms with Gasteiger partial charge in [0.25, 0.3) is 0 Å². The lowest BCUT2D eigenvalue weighted by Gasteiger charge is -2.22. The zero-order valence-corrected chi connectivity index (χ0v) is 23.1. The average Bonchev–Trinajstić information content (AvgIpc) is 3.08. The molecule has 1 heterocycles.